The number of hydrogen-bond acceptors (Lipinski definition) is 4. The first-order valence-corrected chi connectivity index (χ1v) is 11.6. The van der Waals surface area contributed by atoms with Crippen LogP contribution in [0.1, 0.15) is 45.1 Å². The highest BCUT2D eigenvalue weighted by Gasteiger charge is 2.19. The molecule has 1 aromatic carbocycles. The Kier molecular flexibility index (Phi) is 16.0. The third kappa shape index (κ3) is 13.3. The SMILES string of the molecule is CN=C(NCCCOCC(C)C)NCCCOC1CCN(Cc2ccccc2)CC1.I. The molecule has 0 aliphatic carbocycles. The van der Waals surface area contributed by atoms with Gasteiger partial charge < -0.3 is 20.1 Å². The van der Waals surface area contributed by atoms with Crippen molar-refractivity contribution in [2.45, 2.75) is 52.2 Å². The molecule has 6 nitrogen and oxygen atoms in total. The predicted octanol–water partition coefficient (Wildman–Crippen LogP) is 3.90. The molecule has 0 radical (unpaired) electrons. The van der Waals surface area contributed by atoms with Gasteiger partial charge in [-0.25, -0.2) is 0 Å². The van der Waals surface area contributed by atoms with Gasteiger partial charge in [0.25, 0.3) is 0 Å². The van der Waals surface area contributed by atoms with Crippen molar-refractivity contribution in [3.05, 3.63) is 35.9 Å². The minimum absolute atomic E-state index is 0. The number of aliphatic imine (C=N–C) groups is 1. The molecular formula is C24H43IN4O2. The van der Waals surface area contributed by atoms with E-state index < -0.39 is 0 Å². The average Bonchev–Trinajstić information content (AvgIpc) is 2.76. The molecule has 2 N–H and O–H groups in total. The molecule has 31 heavy (non-hydrogen) atoms. The summed E-state index contributed by atoms with van der Waals surface area (Å²) in [5.41, 5.74) is 1.40. The second kappa shape index (κ2) is 17.6. The van der Waals surface area contributed by atoms with Gasteiger partial charge in [0.1, 0.15) is 0 Å². The Hall–Kier alpha value is -0.900. The van der Waals surface area contributed by atoms with Crippen LogP contribution in [0.25, 0.3) is 0 Å². The zero-order valence-corrected chi connectivity index (χ0v) is 22.0. The van der Waals surface area contributed by atoms with Gasteiger partial charge >= 0.3 is 0 Å². The average molecular weight is 547 g/mol. The Labute approximate surface area is 206 Å². The zero-order chi connectivity index (χ0) is 21.4. The fraction of sp³-hybridized carbons (Fsp3) is 0.708. The van der Waals surface area contributed by atoms with Crippen LogP contribution in [0.2, 0.25) is 0 Å². The molecule has 1 aliphatic heterocycles. The Morgan fingerprint density at radius 3 is 2.32 bits per heavy atom. The number of hydrogen-bond donors (Lipinski definition) is 2. The Morgan fingerprint density at radius 1 is 1.06 bits per heavy atom. The smallest absolute Gasteiger partial charge is 0.190 e. The molecule has 0 aromatic heterocycles. The van der Waals surface area contributed by atoms with Crippen LogP contribution in [0.4, 0.5) is 0 Å². The third-order valence-corrected chi connectivity index (χ3v) is 5.18. The third-order valence-electron chi connectivity index (χ3n) is 5.18. The Bertz CT molecular complexity index is 578. The highest BCUT2D eigenvalue weighted by molar-refractivity contribution is 14.0. The molecule has 7 heteroatoms. The number of nitrogens with one attached hydrogen (secondary N) is 2. The molecule has 0 amide bonds. The zero-order valence-electron chi connectivity index (χ0n) is 19.6. The van der Waals surface area contributed by atoms with Crippen LogP contribution >= 0.6 is 24.0 Å². The van der Waals surface area contributed by atoms with Crippen molar-refractivity contribution in [3.8, 4) is 0 Å². The summed E-state index contributed by atoms with van der Waals surface area (Å²) >= 11 is 0. The first-order chi connectivity index (χ1) is 14.7. The molecule has 1 saturated heterocycles. The van der Waals surface area contributed by atoms with E-state index in [0.29, 0.717) is 12.0 Å². The van der Waals surface area contributed by atoms with E-state index >= 15 is 0 Å². The van der Waals surface area contributed by atoms with E-state index in [1.54, 1.807) is 0 Å². The van der Waals surface area contributed by atoms with E-state index in [-0.39, 0.29) is 24.0 Å². The fourth-order valence-electron chi connectivity index (χ4n) is 3.53. The monoisotopic (exact) mass is 546 g/mol. The fourth-order valence-corrected chi connectivity index (χ4v) is 3.53. The van der Waals surface area contributed by atoms with Crippen molar-refractivity contribution < 1.29 is 9.47 Å². The van der Waals surface area contributed by atoms with Crippen LogP contribution in [0.3, 0.4) is 0 Å². The van der Waals surface area contributed by atoms with E-state index in [9.17, 15) is 0 Å². The molecule has 178 valence electrons. The van der Waals surface area contributed by atoms with E-state index in [1.165, 1.54) is 5.56 Å². The number of piperidine rings is 1. The van der Waals surface area contributed by atoms with Crippen molar-refractivity contribution >= 4 is 29.9 Å². The van der Waals surface area contributed by atoms with Gasteiger partial charge in [0.15, 0.2) is 5.96 Å². The molecular weight excluding hydrogens is 503 g/mol. The van der Waals surface area contributed by atoms with Crippen molar-refractivity contribution in [2.75, 3.05) is 53.0 Å². The summed E-state index contributed by atoms with van der Waals surface area (Å²) in [5, 5.41) is 6.70. The van der Waals surface area contributed by atoms with Crippen LogP contribution in [0.15, 0.2) is 35.3 Å². The summed E-state index contributed by atoms with van der Waals surface area (Å²) in [6.07, 6.45) is 4.63. The number of rotatable bonds is 13. The molecule has 0 spiro atoms. The normalized spacial score (nSPS) is 15.7. The standard InChI is InChI=1S/C24H42N4O2.HI/c1-21(2)20-29-17-7-13-26-24(25-3)27-14-8-18-30-23-11-15-28(16-12-23)19-22-9-5-4-6-10-22;/h4-6,9-10,21,23H,7-8,11-20H2,1-3H3,(H2,25,26,27);1H. The van der Waals surface area contributed by atoms with Crippen molar-refractivity contribution in [1.29, 1.82) is 0 Å². The molecule has 0 unspecified atom stereocenters. The molecule has 1 heterocycles. The second-order valence-corrected chi connectivity index (χ2v) is 8.43. The van der Waals surface area contributed by atoms with E-state index in [0.717, 1.165) is 84.2 Å². The number of halogens is 1. The van der Waals surface area contributed by atoms with Crippen LogP contribution < -0.4 is 10.6 Å². The largest absolute Gasteiger partial charge is 0.381 e. The molecule has 1 fully saturated rings. The number of guanidine groups is 1. The van der Waals surface area contributed by atoms with E-state index in [2.05, 4.69) is 64.7 Å². The van der Waals surface area contributed by atoms with Gasteiger partial charge in [-0.05, 0) is 37.2 Å². The molecule has 1 aromatic rings. The lowest BCUT2D eigenvalue weighted by Gasteiger charge is -2.32. The molecule has 2 rings (SSSR count). The van der Waals surface area contributed by atoms with Gasteiger partial charge in [0.2, 0.25) is 0 Å². The summed E-state index contributed by atoms with van der Waals surface area (Å²) in [4.78, 5) is 6.80. The number of likely N-dealkylation sites (tertiary alicyclic amines) is 1. The van der Waals surface area contributed by atoms with Gasteiger partial charge in [0, 0.05) is 59.6 Å². The van der Waals surface area contributed by atoms with Gasteiger partial charge in [-0.15, -0.1) is 24.0 Å². The van der Waals surface area contributed by atoms with Crippen molar-refractivity contribution in [1.82, 2.24) is 15.5 Å². The second-order valence-electron chi connectivity index (χ2n) is 8.43. The maximum atomic E-state index is 6.10. The van der Waals surface area contributed by atoms with Gasteiger partial charge in [-0.3, -0.25) is 9.89 Å². The minimum atomic E-state index is 0. The lowest BCUT2D eigenvalue weighted by molar-refractivity contribution is 0.00534. The molecule has 0 bridgehead atoms. The first-order valence-electron chi connectivity index (χ1n) is 11.6. The number of nitrogens with zero attached hydrogens (tertiary/aromatic N) is 2. The molecule has 0 atom stereocenters. The van der Waals surface area contributed by atoms with Crippen LogP contribution in [-0.2, 0) is 16.0 Å². The summed E-state index contributed by atoms with van der Waals surface area (Å²) < 4.78 is 11.7. The summed E-state index contributed by atoms with van der Waals surface area (Å²) in [6, 6.07) is 10.7. The van der Waals surface area contributed by atoms with Crippen LogP contribution in [0, 0.1) is 5.92 Å². The molecule has 1 aliphatic rings. The van der Waals surface area contributed by atoms with Crippen molar-refractivity contribution in [3.63, 3.8) is 0 Å². The number of ether oxygens (including phenoxy) is 2. The minimum Gasteiger partial charge on any atom is -0.381 e. The lowest BCUT2D eigenvalue weighted by atomic mass is 10.1. The van der Waals surface area contributed by atoms with E-state index in [4.69, 9.17) is 9.47 Å². The quantitative estimate of drug-likeness (QED) is 0.170. The highest BCUT2D eigenvalue weighted by atomic mass is 127. The van der Waals surface area contributed by atoms with Gasteiger partial charge in [-0.1, -0.05) is 44.2 Å². The van der Waals surface area contributed by atoms with Crippen LogP contribution in [-0.4, -0.2) is 70.0 Å². The Morgan fingerprint density at radius 2 is 1.71 bits per heavy atom. The summed E-state index contributed by atoms with van der Waals surface area (Å²) in [5.74, 6) is 1.45. The van der Waals surface area contributed by atoms with Gasteiger partial charge in [0.05, 0.1) is 6.10 Å². The summed E-state index contributed by atoms with van der Waals surface area (Å²) in [7, 11) is 1.81. The lowest BCUT2D eigenvalue weighted by Crippen LogP contribution is -2.39. The summed E-state index contributed by atoms with van der Waals surface area (Å²) in [6.45, 7) is 11.8. The van der Waals surface area contributed by atoms with E-state index in [1.807, 2.05) is 7.05 Å². The Balaban J connectivity index is 0.00000480. The topological polar surface area (TPSA) is 58.1 Å². The van der Waals surface area contributed by atoms with Crippen molar-refractivity contribution in [2.24, 2.45) is 10.9 Å². The maximum absolute atomic E-state index is 6.10. The van der Waals surface area contributed by atoms with Gasteiger partial charge in [-0.2, -0.15) is 0 Å². The number of benzene rings is 1. The van der Waals surface area contributed by atoms with Crippen LogP contribution in [0.5, 0.6) is 0 Å². The first kappa shape index (κ1) is 28.1. The predicted molar refractivity (Wildman–Crippen MR) is 140 cm³/mol. The highest BCUT2D eigenvalue weighted by Crippen LogP contribution is 2.16. The molecule has 0 saturated carbocycles. The maximum Gasteiger partial charge on any atom is 0.190 e.